The molecule has 6 nitrogen and oxygen atoms in total. The fourth-order valence-electron chi connectivity index (χ4n) is 1.98. The van der Waals surface area contributed by atoms with Gasteiger partial charge < -0.3 is 14.2 Å². The predicted molar refractivity (Wildman–Crippen MR) is 54.6 cm³/mol. The van der Waals surface area contributed by atoms with Gasteiger partial charge in [0, 0.05) is 13.7 Å². The molecule has 1 aromatic heterocycles. The number of methoxy groups -OCH3 is 1. The number of ether oxygens (including phenoxy) is 1. The topological polar surface area (TPSA) is 68.5 Å². The van der Waals surface area contributed by atoms with Gasteiger partial charge in [-0.25, -0.2) is 0 Å². The Balaban J connectivity index is 2.11. The molecule has 2 heterocycles. The van der Waals surface area contributed by atoms with E-state index in [0.29, 0.717) is 11.7 Å². The molecule has 1 aromatic rings. The summed E-state index contributed by atoms with van der Waals surface area (Å²) in [7, 11) is 1.51. The van der Waals surface area contributed by atoms with Gasteiger partial charge in [-0.3, -0.25) is 4.79 Å². The van der Waals surface area contributed by atoms with Gasteiger partial charge >= 0.3 is 0 Å². The van der Waals surface area contributed by atoms with Gasteiger partial charge in [-0.15, -0.1) is 0 Å². The molecule has 1 aliphatic heterocycles. The van der Waals surface area contributed by atoms with E-state index >= 15 is 0 Å². The van der Waals surface area contributed by atoms with Crippen LogP contribution in [0.1, 0.15) is 30.6 Å². The summed E-state index contributed by atoms with van der Waals surface area (Å²) in [6.45, 7) is 2.60. The minimum absolute atomic E-state index is 0.0270. The van der Waals surface area contributed by atoms with Crippen molar-refractivity contribution in [3.8, 4) is 0 Å². The number of likely N-dealkylation sites (tertiary alicyclic amines) is 1. The maximum atomic E-state index is 11.7. The van der Waals surface area contributed by atoms with E-state index in [1.54, 1.807) is 11.8 Å². The third-order valence-electron chi connectivity index (χ3n) is 2.67. The second-order valence-electron chi connectivity index (χ2n) is 3.86. The van der Waals surface area contributed by atoms with Crippen LogP contribution in [-0.4, -0.2) is 41.2 Å². The average molecular weight is 225 g/mol. The van der Waals surface area contributed by atoms with Crippen LogP contribution in [-0.2, 0) is 9.53 Å². The number of aromatic nitrogens is 2. The summed E-state index contributed by atoms with van der Waals surface area (Å²) in [5.41, 5.74) is 0. The Labute approximate surface area is 93.6 Å². The molecule has 1 amide bonds. The molecule has 0 unspecified atom stereocenters. The van der Waals surface area contributed by atoms with Crippen LogP contribution in [0.3, 0.4) is 0 Å². The molecule has 0 bridgehead atoms. The lowest BCUT2D eigenvalue weighted by molar-refractivity contribution is -0.136. The Hall–Kier alpha value is -1.43. The fraction of sp³-hybridized carbons (Fsp3) is 0.700. The summed E-state index contributed by atoms with van der Waals surface area (Å²) < 4.78 is 9.96. The summed E-state index contributed by atoms with van der Waals surface area (Å²) in [5, 5.41) is 3.75. The smallest absolute Gasteiger partial charge is 0.249 e. The van der Waals surface area contributed by atoms with Crippen molar-refractivity contribution in [3.63, 3.8) is 0 Å². The van der Waals surface area contributed by atoms with Crippen molar-refractivity contribution in [1.82, 2.24) is 15.0 Å². The molecule has 16 heavy (non-hydrogen) atoms. The molecular formula is C10H15N3O3. The van der Waals surface area contributed by atoms with Crippen molar-refractivity contribution in [3.05, 3.63) is 11.7 Å². The van der Waals surface area contributed by atoms with Crippen LogP contribution in [0.25, 0.3) is 0 Å². The van der Waals surface area contributed by atoms with Gasteiger partial charge in [-0.2, -0.15) is 4.98 Å². The van der Waals surface area contributed by atoms with Gasteiger partial charge in [-0.05, 0) is 19.8 Å². The Morgan fingerprint density at radius 1 is 1.69 bits per heavy atom. The second kappa shape index (κ2) is 4.61. The highest BCUT2D eigenvalue weighted by molar-refractivity contribution is 5.78. The van der Waals surface area contributed by atoms with E-state index in [2.05, 4.69) is 10.1 Å². The number of hydrogen-bond donors (Lipinski definition) is 0. The monoisotopic (exact) mass is 225 g/mol. The highest BCUT2D eigenvalue weighted by Crippen LogP contribution is 2.30. The van der Waals surface area contributed by atoms with E-state index in [1.165, 1.54) is 7.11 Å². The number of carbonyl (C=O) groups is 1. The fourth-order valence-corrected chi connectivity index (χ4v) is 1.98. The molecule has 6 heteroatoms. The zero-order chi connectivity index (χ0) is 11.5. The first kappa shape index (κ1) is 11.1. The molecule has 2 rings (SSSR count). The van der Waals surface area contributed by atoms with Gasteiger partial charge in [0.2, 0.25) is 11.8 Å². The Morgan fingerprint density at radius 3 is 3.12 bits per heavy atom. The summed E-state index contributed by atoms with van der Waals surface area (Å²) in [6, 6.07) is -0.0798. The van der Waals surface area contributed by atoms with Crippen molar-refractivity contribution in [1.29, 1.82) is 0 Å². The maximum Gasteiger partial charge on any atom is 0.249 e. The zero-order valence-electron chi connectivity index (χ0n) is 9.47. The van der Waals surface area contributed by atoms with E-state index in [1.807, 2.05) is 0 Å². The highest BCUT2D eigenvalue weighted by atomic mass is 16.5. The Morgan fingerprint density at radius 2 is 2.50 bits per heavy atom. The summed E-state index contributed by atoms with van der Waals surface area (Å²) in [6.07, 6.45) is 1.83. The molecule has 1 saturated heterocycles. The van der Waals surface area contributed by atoms with Crippen LogP contribution < -0.4 is 0 Å². The van der Waals surface area contributed by atoms with Crippen LogP contribution in [0.5, 0.6) is 0 Å². The summed E-state index contributed by atoms with van der Waals surface area (Å²) >= 11 is 0. The maximum absolute atomic E-state index is 11.7. The minimum Gasteiger partial charge on any atom is -0.375 e. The molecule has 0 aromatic carbocycles. The SMILES string of the molecule is COCC(=O)N1CCC[C@H]1c1nc(C)no1. The van der Waals surface area contributed by atoms with Crippen LogP contribution >= 0.6 is 0 Å². The average Bonchev–Trinajstić information content (AvgIpc) is 2.85. The van der Waals surface area contributed by atoms with Crippen molar-refractivity contribution in [2.45, 2.75) is 25.8 Å². The van der Waals surface area contributed by atoms with E-state index in [4.69, 9.17) is 9.26 Å². The van der Waals surface area contributed by atoms with Crippen LogP contribution in [0.2, 0.25) is 0 Å². The number of rotatable bonds is 3. The summed E-state index contributed by atoms with van der Waals surface area (Å²) in [4.78, 5) is 17.7. The second-order valence-corrected chi connectivity index (χ2v) is 3.86. The van der Waals surface area contributed by atoms with Crippen molar-refractivity contribution < 1.29 is 14.1 Å². The van der Waals surface area contributed by atoms with E-state index in [9.17, 15) is 4.79 Å². The number of aryl methyl sites for hydroxylation is 1. The largest absolute Gasteiger partial charge is 0.375 e. The van der Waals surface area contributed by atoms with Crippen molar-refractivity contribution in [2.24, 2.45) is 0 Å². The third kappa shape index (κ3) is 2.06. The van der Waals surface area contributed by atoms with Gasteiger partial charge in [-0.1, -0.05) is 5.16 Å². The lowest BCUT2D eigenvalue weighted by atomic mass is 10.2. The Kier molecular flexibility index (Phi) is 3.19. The molecule has 0 aliphatic carbocycles. The zero-order valence-corrected chi connectivity index (χ0v) is 9.47. The first-order valence-corrected chi connectivity index (χ1v) is 5.31. The molecule has 0 saturated carbocycles. The summed E-state index contributed by atoms with van der Waals surface area (Å²) in [5.74, 6) is 1.10. The van der Waals surface area contributed by atoms with Crippen LogP contribution in [0.4, 0.5) is 0 Å². The number of carbonyl (C=O) groups excluding carboxylic acids is 1. The molecule has 0 radical (unpaired) electrons. The molecular weight excluding hydrogens is 210 g/mol. The van der Waals surface area contributed by atoms with Crippen molar-refractivity contribution >= 4 is 5.91 Å². The minimum atomic E-state index is -0.0798. The quantitative estimate of drug-likeness (QED) is 0.757. The number of amides is 1. The van der Waals surface area contributed by atoms with Gasteiger partial charge in [0.15, 0.2) is 5.82 Å². The number of nitrogens with zero attached hydrogens (tertiary/aromatic N) is 3. The molecule has 88 valence electrons. The van der Waals surface area contributed by atoms with E-state index < -0.39 is 0 Å². The molecule has 1 aliphatic rings. The van der Waals surface area contributed by atoms with Crippen LogP contribution in [0.15, 0.2) is 4.52 Å². The predicted octanol–water partition coefficient (Wildman–Crippen LogP) is 0.688. The van der Waals surface area contributed by atoms with E-state index in [-0.39, 0.29) is 18.6 Å². The number of hydrogen-bond acceptors (Lipinski definition) is 5. The Bertz CT molecular complexity index is 377. The third-order valence-corrected chi connectivity index (χ3v) is 2.67. The standard InChI is InChI=1S/C10H15N3O3/c1-7-11-10(16-12-7)8-4-3-5-13(8)9(14)6-15-2/h8H,3-6H2,1-2H3/t8-/m0/s1. The molecule has 1 atom stereocenters. The lowest BCUT2D eigenvalue weighted by Crippen LogP contribution is -2.33. The molecule has 0 N–H and O–H groups in total. The normalized spacial score (nSPS) is 20.4. The first-order chi connectivity index (χ1) is 7.72. The molecule has 0 spiro atoms. The highest BCUT2D eigenvalue weighted by Gasteiger charge is 2.33. The molecule has 1 fully saturated rings. The van der Waals surface area contributed by atoms with Gasteiger partial charge in [0.05, 0.1) is 0 Å². The van der Waals surface area contributed by atoms with Crippen molar-refractivity contribution in [2.75, 3.05) is 20.3 Å². The van der Waals surface area contributed by atoms with E-state index in [0.717, 1.165) is 19.4 Å². The lowest BCUT2D eigenvalue weighted by Gasteiger charge is -2.21. The van der Waals surface area contributed by atoms with Gasteiger partial charge in [0.1, 0.15) is 12.6 Å². The van der Waals surface area contributed by atoms with Gasteiger partial charge in [0.25, 0.3) is 0 Å². The first-order valence-electron chi connectivity index (χ1n) is 5.31. The van der Waals surface area contributed by atoms with Crippen LogP contribution in [0, 0.1) is 6.92 Å².